The van der Waals surface area contributed by atoms with Gasteiger partial charge in [-0.05, 0) is 35.7 Å². The van der Waals surface area contributed by atoms with Gasteiger partial charge in [0.2, 0.25) is 0 Å². The van der Waals surface area contributed by atoms with Crippen molar-refractivity contribution in [1.82, 2.24) is 0 Å². The van der Waals surface area contributed by atoms with Gasteiger partial charge in [-0.3, -0.25) is 0 Å². The maximum absolute atomic E-state index is 10.4. The maximum Gasteiger partial charge on any atom is 0.115 e. The van der Waals surface area contributed by atoms with Crippen molar-refractivity contribution in [2.24, 2.45) is 0 Å². The van der Waals surface area contributed by atoms with Crippen LogP contribution >= 0.6 is 34.5 Å². The molecule has 0 bridgehead atoms. The van der Waals surface area contributed by atoms with E-state index in [0.717, 1.165) is 4.88 Å². The lowest BCUT2D eigenvalue weighted by atomic mass is 9.95. The standard InChI is InChI=1S/C15H16Cl2OS/c1-15(2,3)13-7-6-12(19-13)14(18)10-8-9(16)4-5-11(10)17/h4-8,14,18H,1-3H3. The van der Waals surface area contributed by atoms with Crippen molar-refractivity contribution in [3.8, 4) is 0 Å². The maximum atomic E-state index is 10.4. The smallest absolute Gasteiger partial charge is 0.115 e. The fraction of sp³-hybridized carbons (Fsp3) is 0.333. The molecule has 1 unspecified atom stereocenters. The van der Waals surface area contributed by atoms with Crippen LogP contribution in [0.15, 0.2) is 30.3 Å². The minimum Gasteiger partial charge on any atom is -0.383 e. The van der Waals surface area contributed by atoms with Gasteiger partial charge >= 0.3 is 0 Å². The molecule has 0 radical (unpaired) electrons. The Morgan fingerprint density at radius 2 is 1.79 bits per heavy atom. The highest BCUT2D eigenvalue weighted by Crippen LogP contribution is 2.37. The van der Waals surface area contributed by atoms with Crippen molar-refractivity contribution in [3.05, 3.63) is 55.7 Å². The van der Waals surface area contributed by atoms with Gasteiger partial charge in [-0.2, -0.15) is 0 Å². The minimum absolute atomic E-state index is 0.0841. The van der Waals surface area contributed by atoms with Crippen LogP contribution < -0.4 is 0 Å². The van der Waals surface area contributed by atoms with Crippen molar-refractivity contribution in [1.29, 1.82) is 0 Å². The van der Waals surface area contributed by atoms with Gasteiger partial charge in [-0.1, -0.05) is 44.0 Å². The fourth-order valence-corrected chi connectivity index (χ4v) is 3.25. The lowest BCUT2D eigenvalue weighted by molar-refractivity contribution is 0.224. The first-order valence-electron chi connectivity index (χ1n) is 6.02. The fourth-order valence-electron chi connectivity index (χ4n) is 1.78. The number of hydrogen-bond acceptors (Lipinski definition) is 2. The molecule has 0 saturated carbocycles. The second kappa shape index (κ2) is 5.45. The number of benzene rings is 1. The SMILES string of the molecule is CC(C)(C)c1ccc(C(O)c2cc(Cl)ccc2Cl)s1. The number of halogens is 2. The second-order valence-electron chi connectivity index (χ2n) is 5.52. The van der Waals surface area contributed by atoms with E-state index in [1.54, 1.807) is 29.5 Å². The summed E-state index contributed by atoms with van der Waals surface area (Å²) in [5.41, 5.74) is 0.734. The zero-order chi connectivity index (χ0) is 14.2. The van der Waals surface area contributed by atoms with E-state index in [1.165, 1.54) is 4.88 Å². The molecule has 2 rings (SSSR count). The topological polar surface area (TPSA) is 20.2 Å². The van der Waals surface area contributed by atoms with Gasteiger partial charge in [0.25, 0.3) is 0 Å². The Morgan fingerprint density at radius 3 is 2.37 bits per heavy atom. The van der Waals surface area contributed by atoms with Crippen LogP contribution in [0.2, 0.25) is 10.0 Å². The van der Waals surface area contributed by atoms with Crippen LogP contribution in [0.4, 0.5) is 0 Å². The van der Waals surface area contributed by atoms with E-state index in [2.05, 4.69) is 26.8 Å². The molecule has 1 atom stereocenters. The van der Waals surface area contributed by atoms with Crippen molar-refractivity contribution < 1.29 is 5.11 Å². The molecule has 0 fully saturated rings. The molecule has 0 spiro atoms. The average Bonchev–Trinajstić information content (AvgIpc) is 2.80. The van der Waals surface area contributed by atoms with Crippen LogP contribution in [0.3, 0.4) is 0 Å². The summed E-state index contributed by atoms with van der Waals surface area (Å²) in [7, 11) is 0. The molecule has 102 valence electrons. The van der Waals surface area contributed by atoms with Crippen molar-refractivity contribution in [3.63, 3.8) is 0 Å². The largest absolute Gasteiger partial charge is 0.383 e. The summed E-state index contributed by atoms with van der Waals surface area (Å²) in [6.07, 6.45) is -0.729. The summed E-state index contributed by atoms with van der Waals surface area (Å²) in [4.78, 5) is 2.12. The lowest BCUT2D eigenvalue weighted by Gasteiger charge is -2.16. The molecule has 19 heavy (non-hydrogen) atoms. The molecule has 1 nitrogen and oxygen atoms in total. The first-order chi connectivity index (χ1) is 8.79. The number of thiophene rings is 1. The molecule has 4 heteroatoms. The average molecular weight is 315 g/mol. The Kier molecular flexibility index (Phi) is 4.26. The zero-order valence-corrected chi connectivity index (χ0v) is 13.4. The zero-order valence-electron chi connectivity index (χ0n) is 11.1. The van der Waals surface area contributed by atoms with Gasteiger partial charge < -0.3 is 5.11 Å². The van der Waals surface area contributed by atoms with Crippen molar-refractivity contribution in [2.75, 3.05) is 0 Å². The molecule has 1 N–H and O–H groups in total. The van der Waals surface area contributed by atoms with Crippen LogP contribution in [0, 0.1) is 0 Å². The first-order valence-corrected chi connectivity index (χ1v) is 7.59. The molecule has 1 aromatic carbocycles. The number of hydrogen-bond donors (Lipinski definition) is 1. The third kappa shape index (κ3) is 3.32. The number of aliphatic hydroxyl groups is 1. The van der Waals surface area contributed by atoms with E-state index < -0.39 is 6.10 Å². The van der Waals surface area contributed by atoms with Crippen molar-refractivity contribution >= 4 is 34.5 Å². The van der Waals surface area contributed by atoms with Gasteiger partial charge in [0.05, 0.1) is 0 Å². The van der Waals surface area contributed by atoms with Crippen molar-refractivity contribution in [2.45, 2.75) is 32.3 Å². The molecule has 0 amide bonds. The molecule has 0 aliphatic heterocycles. The van der Waals surface area contributed by atoms with E-state index in [-0.39, 0.29) is 5.41 Å². The highest BCUT2D eigenvalue weighted by molar-refractivity contribution is 7.12. The Balaban J connectivity index is 2.36. The third-order valence-corrected chi connectivity index (χ3v) is 5.03. The monoisotopic (exact) mass is 314 g/mol. The van der Waals surface area contributed by atoms with Crippen LogP contribution in [0.1, 0.15) is 42.2 Å². The molecule has 1 heterocycles. The number of aliphatic hydroxyl groups excluding tert-OH is 1. The van der Waals surface area contributed by atoms with E-state index in [4.69, 9.17) is 23.2 Å². The van der Waals surface area contributed by atoms with E-state index in [0.29, 0.717) is 15.6 Å². The van der Waals surface area contributed by atoms with Crippen LogP contribution in [0.5, 0.6) is 0 Å². The quantitative estimate of drug-likeness (QED) is 0.783. The van der Waals surface area contributed by atoms with E-state index >= 15 is 0 Å². The summed E-state index contributed by atoms with van der Waals surface area (Å²) < 4.78 is 0. The normalized spacial score (nSPS) is 13.6. The van der Waals surface area contributed by atoms with E-state index in [1.807, 2.05) is 6.07 Å². The van der Waals surface area contributed by atoms with Crippen LogP contribution in [0.25, 0.3) is 0 Å². The molecule has 0 aliphatic rings. The summed E-state index contributed by atoms with van der Waals surface area (Å²) in [5, 5.41) is 11.5. The van der Waals surface area contributed by atoms with Gasteiger partial charge in [0.15, 0.2) is 0 Å². The van der Waals surface area contributed by atoms with Gasteiger partial charge in [-0.25, -0.2) is 0 Å². The summed E-state index contributed by atoms with van der Waals surface area (Å²) in [6, 6.07) is 9.15. The van der Waals surface area contributed by atoms with Gasteiger partial charge in [-0.15, -0.1) is 11.3 Å². The highest BCUT2D eigenvalue weighted by Gasteiger charge is 2.21. The molecule has 1 aromatic heterocycles. The highest BCUT2D eigenvalue weighted by atomic mass is 35.5. The first kappa shape index (κ1) is 14.9. The van der Waals surface area contributed by atoms with Gasteiger partial charge in [0, 0.05) is 25.4 Å². The van der Waals surface area contributed by atoms with Crippen LogP contribution in [-0.4, -0.2) is 5.11 Å². The summed E-state index contributed by atoms with van der Waals surface area (Å²) in [5.74, 6) is 0. The molecule has 0 aliphatic carbocycles. The Hall–Kier alpha value is -0.540. The third-order valence-electron chi connectivity index (χ3n) is 2.89. The minimum atomic E-state index is -0.729. The Bertz CT molecular complexity index is 584. The molecular weight excluding hydrogens is 299 g/mol. The molecular formula is C15H16Cl2OS. The predicted octanol–water partition coefficient (Wildman–Crippen LogP) is 5.43. The Morgan fingerprint density at radius 1 is 1.11 bits per heavy atom. The number of rotatable bonds is 2. The molecule has 2 aromatic rings. The second-order valence-corrected chi connectivity index (χ2v) is 7.48. The summed E-state index contributed by atoms with van der Waals surface area (Å²) >= 11 is 13.7. The molecule has 0 saturated heterocycles. The summed E-state index contributed by atoms with van der Waals surface area (Å²) in [6.45, 7) is 6.46. The van der Waals surface area contributed by atoms with Crippen LogP contribution in [-0.2, 0) is 5.41 Å². The van der Waals surface area contributed by atoms with E-state index in [9.17, 15) is 5.11 Å². The van der Waals surface area contributed by atoms with Gasteiger partial charge in [0.1, 0.15) is 6.10 Å². The lowest BCUT2D eigenvalue weighted by Crippen LogP contribution is -2.07. The Labute approximate surface area is 127 Å². The predicted molar refractivity (Wildman–Crippen MR) is 83.5 cm³/mol.